The number of urea groups is 1. The number of nitrogens with zero attached hydrogens (tertiary/aromatic N) is 1. The number of carbonyl (C=O) groups excluding carboxylic acids is 1. The van der Waals surface area contributed by atoms with Crippen LogP contribution >= 0.6 is 23.2 Å². The highest BCUT2D eigenvalue weighted by Gasteiger charge is 2.36. The lowest BCUT2D eigenvalue weighted by atomic mass is 10.0. The van der Waals surface area contributed by atoms with Crippen LogP contribution in [0.25, 0.3) is 0 Å². The van der Waals surface area contributed by atoms with E-state index in [2.05, 4.69) is 5.32 Å². The number of likely N-dealkylation sites (tertiary alicyclic amines) is 1. The third kappa shape index (κ3) is 4.85. The second-order valence-corrected chi connectivity index (χ2v) is 8.26. The van der Waals surface area contributed by atoms with E-state index in [1.54, 1.807) is 18.1 Å². The molecule has 1 fully saturated rings. The Morgan fingerprint density at radius 2 is 1.81 bits per heavy atom. The highest BCUT2D eigenvalue weighted by molar-refractivity contribution is 6.42. The molecule has 0 radical (unpaired) electrons. The van der Waals surface area contributed by atoms with E-state index in [0.717, 1.165) is 28.9 Å². The smallest absolute Gasteiger partial charge is 0.319 e. The van der Waals surface area contributed by atoms with Crippen molar-refractivity contribution in [2.24, 2.45) is 0 Å². The molecule has 3 aromatic rings. The Hall–Kier alpha value is -2.73. The number of methoxy groups -OCH3 is 1. The fourth-order valence-electron chi connectivity index (χ4n) is 3.70. The lowest BCUT2D eigenvalue weighted by Crippen LogP contribution is -2.56. The molecule has 7 heteroatoms. The topological polar surface area (TPSA) is 50.8 Å². The summed E-state index contributed by atoms with van der Waals surface area (Å²) in [7, 11) is 1.62. The Labute approximate surface area is 197 Å². The number of benzene rings is 3. The summed E-state index contributed by atoms with van der Waals surface area (Å²) in [6.45, 7) is 0.988. The van der Waals surface area contributed by atoms with Gasteiger partial charge in [0.1, 0.15) is 18.1 Å². The van der Waals surface area contributed by atoms with Crippen molar-refractivity contribution in [2.75, 3.05) is 13.7 Å². The zero-order chi connectivity index (χ0) is 22.5. The largest absolute Gasteiger partial charge is 0.496 e. The molecule has 0 aliphatic carbocycles. The van der Waals surface area contributed by atoms with E-state index >= 15 is 0 Å². The molecule has 1 saturated heterocycles. The molecular formula is C25H24Cl2N2O3. The summed E-state index contributed by atoms with van der Waals surface area (Å²) < 4.78 is 11.8. The van der Waals surface area contributed by atoms with Crippen molar-refractivity contribution in [3.05, 3.63) is 99.5 Å². The maximum atomic E-state index is 12.8. The van der Waals surface area contributed by atoms with Gasteiger partial charge in [0, 0.05) is 30.6 Å². The molecular weight excluding hydrogens is 447 g/mol. The first-order valence-electron chi connectivity index (χ1n) is 10.4. The monoisotopic (exact) mass is 470 g/mol. The lowest BCUT2D eigenvalue weighted by Gasteiger charge is -2.42. The predicted molar refractivity (Wildman–Crippen MR) is 126 cm³/mol. The summed E-state index contributed by atoms with van der Waals surface area (Å²) in [5, 5.41) is 3.88. The van der Waals surface area contributed by atoms with E-state index in [4.69, 9.17) is 32.7 Å². The molecule has 32 heavy (non-hydrogen) atoms. The molecule has 2 unspecified atom stereocenters. The van der Waals surface area contributed by atoms with Gasteiger partial charge in [0.25, 0.3) is 0 Å². The average Bonchev–Trinajstić information content (AvgIpc) is 2.80. The summed E-state index contributed by atoms with van der Waals surface area (Å²) in [6.07, 6.45) is -0.0750. The summed E-state index contributed by atoms with van der Waals surface area (Å²) in [5.41, 5.74) is 2.62. The minimum Gasteiger partial charge on any atom is -0.496 e. The zero-order valence-corrected chi connectivity index (χ0v) is 19.1. The normalized spacial score (nSPS) is 16.2. The fourth-order valence-corrected chi connectivity index (χ4v) is 4.11. The van der Waals surface area contributed by atoms with Gasteiger partial charge < -0.3 is 14.8 Å². The van der Waals surface area contributed by atoms with Crippen molar-refractivity contribution in [1.82, 2.24) is 10.2 Å². The zero-order valence-electron chi connectivity index (χ0n) is 17.6. The van der Waals surface area contributed by atoms with Crippen LogP contribution in [-0.2, 0) is 11.3 Å². The van der Waals surface area contributed by atoms with Crippen LogP contribution in [-0.4, -0.2) is 30.8 Å². The van der Waals surface area contributed by atoms with Crippen molar-refractivity contribution in [2.45, 2.75) is 25.3 Å². The highest BCUT2D eigenvalue weighted by atomic mass is 35.5. The van der Waals surface area contributed by atoms with E-state index < -0.39 is 6.10 Å². The molecule has 1 aliphatic rings. The van der Waals surface area contributed by atoms with Crippen molar-refractivity contribution >= 4 is 29.2 Å². The maximum Gasteiger partial charge on any atom is 0.319 e. The first-order chi connectivity index (χ1) is 15.6. The standard InChI is InChI=1S/C25H24Cl2N2O3/c1-31-21-13-6-5-10-18(21)16-28-25(30)29-15-14-22(29)32-24(17-8-3-2-4-9-17)19-11-7-12-20(26)23(19)27/h2-13,22,24H,14-16H2,1H3,(H,28,30). The fraction of sp³-hybridized carbons (Fsp3) is 0.240. The van der Waals surface area contributed by atoms with E-state index in [-0.39, 0.29) is 12.3 Å². The molecule has 1 aliphatic heterocycles. The van der Waals surface area contributed by atoms with E-state index in [1.165, 1.54) is 0 Å². The number of rotatable bonds is 7. The molecule has 1 N–H and O–H groups in total. The molecule has 0 aromatic heterocycles. The Bertz CT molecular complexity index is 1080. The van der Waals surface area contributed by atoms with Gasteiger partial charge in [-0.1, -0.05) is 83.9 Å². The van der Waals surface area contributed by atoms with Gasteiger partial charge in [0.2, 0.25) is 0 Å². The van der Waals surface area contributed by atoms with Crippen LogP contribution in [0, 0.1) is 0 Å². The summed E-state index contributed by atoms with van der Waals surface area (Å²) in [4.78, 5) is 14.5. The molecule has 166 valence electrons. The Morgan fingerprint density at radius 3 is 2.53 bits per heavy atom. The van der Waals surface area contributed by atoms with Gasteiger partial charge in [-0.25, -0.2) is 4.79 Å². The maximum absolute atomic E-state index is 12.8. The molecule has 0 bridgehead atoms. The second kappa shape index (κ2) is 10.3. The number of para-hydroxylation sites is 1. The first kappa shape index (κ1) is 22.5. The third-order valence-electron chi connectivity index (χ3n) is 5.51. The summed E-state index contributed by atoms with van der Waals surface area (Å²) in [6, 6.07) is 22.7. The Kier molecular flexibility index (Phi) is 7.20. The number of amides is 2. The van der Waals surface area contributed by atoms with Crippen LogP contribution in [0.3, 0.4) is 0 Å². The van der Waals surface area contributed by atoms with Gasteiger partial charge in [-0.3, -0.25) is 4.90 Å². The summed E-state index contributed by atoms with van der Waals surface area (Å²) >= 11 is 12.8. The molecule has 2 atom stereocenters. The molecule has 4 rings (SSSR count). The number of hydrogen-bond donors (Lipinski definition) is 1. The quantitative estimate of drug-likeness (QED) is 0.457. The van der Waals surface area contributed by atoms with Gasteiger partial charge in [-0.15, -0.1) is 0 Å². The summed E-state index contributed by atoms with van der Waals surface area (Å²) in [5.74, 6) is 0.740. The van der Waals surface area contributed by atoms with Crippen LogP contribution in [0.15, 0.2) is 72.8 Å². The molecule has 5 nitrogen and oxygen atoms in total. The van der Waals surface area contributed by atoms with Crippen LogP contribution < -0.4 is 10.1 Å². The lowest BCUT2D eigenvalue weighted by molar-refractivity contribution is -0.120. The average molecular weight is 471 g/mol. The number of hydrogen-bond acceptors (Lipinski definition) is 3. The van der Waals surface area contributed by atoms with E-state index in [9.17, 15) is 4.79 Å². The van der Waals surface area contributed by atoms with E-state index in [1.807, 2.05) is 66.7 Å². The van der Waals surface area contributed by atoms with Gasteiger partial charge >= 0.3 is 6.03 Å². The van der Waals surface area contributed by atoms with Crippen molar-refractivity contribution in [3.8, 4) is 5.75 Å². The second-order valence-electron chi connectivity index (χ2n) is 7.48. The number of ether oxygens (including phenoxy) is 2. The molecule has 2 amide bonds. The van der Waals surface area contributed by atoms with Crippen LogP contribution in [0.4, 0.5) is 4.79 Å². The minimum atomic E-state index is -0.447. The van der Waals surface area contributed by atoms with Crippen LogP contribution in [0.2, 0.25) is 10.0 Å². The molecule has 0 saturated carbocycles. The SMILES string of the molecule is COc1ccccc1CNC(=O)N1CCC1OC(c1ccccc1)c1cccc(Cl)c1Cl. The molecule has 0 spiro atoms. The Morgan fingerprint density at radius 1 is 1.06 bits per heavy atom. The number of halogens is 2. The van der Waals surface area contributed by atoms with Crippen LogP contribution in [0.1, 0.15) is 29.2 Å². The molecule has 3 aromatic carbocycles. The van der Waals surface area contributed by atoms with Gasteiger partial charge in [0.05, 0.1) is 17.2 Å². The number of carbonyl (C=O) groups is 1. The number of nitrogens with one attached hydrogen (secondary N) is 1. The van der Waals surface area contributed by atoms with Crippen molar-refractivity contribution in [3.63, 3.8) is 0 Å². The highest BCUT2D eigenvalue weighted by Crippen LogP contribution is 2.38. The van der Waals surface area contributed by atoms with Gasteiger partial charge in [0.15, 0.2) is 0 Å². The molecule has 1 heterocycles. The van der Waals surface area contributed by atoms with Crippen molar-refractivity contribution < 1.29 is 14.3 Å². The van der Waals surface area contributed by atoms with Crippen LogP contribution in [0.5, 0.6) is 5.75 Å². The first-order valence-corrected chi connectivity index (χ1v) is 11.1. The Balaban J connectivity index is 1.48. The van der Waals surface area contributed by atoms with Gasteiger partial charge in [-0.2, -0.15) is 0 Å². The predicted octanol–water partition coefficient (Wildman–Crippen LogP) is 6.05. The van der Waals surface area contributed by atoms with Gasteiger partial charge in [-0.05, 0) is 17.7 Å². The third-order valence-corrected chi connectivity index (χ3v) is 6.34. The van der Waals surface area contributed by atoms with Crippen molar-refractivity contribution in [1.29, 1.82) is 0 Å². The van der Waals surface area contributed by atoms with E-state index in [0.29, 0.717) is 23.1 Å². The minimum absolute atomic E-state index is 0.184.